The van der Waals surface area contributed by atoms with Crippen LogP contribution in [0.4, 0.5) is 0 Å². The van der Waals surface area contributed by atoms with Crippen LogP contribution in [0.25, 0.3) is 22.3 Å². The van der Waals surface area contributed by atoms with Crippen molar-refractivity contribution in [1.82, 2.24) is 19.7 Å². The minimum absolute atomic E-state index is 0.0594. The number of thioether (sulfide) groups is 1. The Labute approximate surface area is 196 Å². The number of hydrogen-bond acceptors (Lipinski definition) is 5. The van der Waals surface area contributed by atoms with Gasteiger partial charge in [-0.15, -0.1) is 10.2 Å². The van der Waals surface area contributed by atoms with Gasteiger partial charge in [0.2, 0.25) is 0 Å². The van der Waals surface area contributed by atoms with Crippen LogP contribution in [0.1, 0.15) is 34.2 Å². The van der Waals surface area contributed by atoms with E-state index in [0.717, 1.165) is 40.0 Å². The number of fused-ring (bicyclic) bond motifs is 1. The number of carbonyl (C=O) groups excluding carboxylic acids is 1. The molecular weight excluding hydrogens is 432 g/mol. The molecule has 3 aromatic heterocycles. The van der Waals surface area contributed by atoms with Crippen molar-refractivity contribution in [1.29, 1.82) is 0 Å². The second kappa shape index (κ2) is 9.11. The van der Waals surface area contributed by atoms with Crippen LogP contribution < -0.4 is 0 Å². The van der Waals surface area contributed by atoms with Crippen molar-refractivity contribution in [3.63, 3.8) is 0 Å². The van der Waals surface area contributed by atoms with Gasteiger partial charge in [0.15, 0.2) is 16.8 Å². The largest absolute Gasteiger partial charge is 0.467 e. The zero-order valence-corrected chi connectivity index (χ0v) is 19.4. The standard InChI is InChI=1S/C26H24N4O2S/c1-3-18-8-5-11-21-22(14-27-24(18)21)23(31)16-33-26-29-28-25(19-9-4-7-17(2)13-19)30(26)15-20-10-6-12-32-20/h4-14,27H,3,15-16H2,1-2H3. The van der Waals surface area contributed by atoms with Crippen molar-refractivity contribution in [2.75, 3.05) is 5.75 Å². The predicted molar refractivity (Wildman–Crippen MR) is 131 cm³/mol. The smallest absolute Gasteiger partial charge is 0.192 e. The van der Waals surface area contributed by atoms with Gasteiger partial charge in [0.1, 0.15) is 5.76 Å². The number of nitrogens with zero attached hydrogens (tertiary/aromatic N) is 3. The number of para-hydroxylation sites is 1. The molecule has 5 rings (SSSR count). The van der Waals surface area contributed by atoms with Gasteiger partial charge >= 0.3 is 0 Å². The molecule has 1 N–H and O–H groups in total. The highest BCUT2D eigenvalue weighted by Gasteiger charge is 2.19. The van der Waals surface area contributed by atoms with Gasteiger partial charge in [-0.2, -0.15) is 0 Å². The van der Waals surface area contributed by atoms with E-state index < -0.39 is 0 Å². The van der Waals surface area contributed by atoms with E-state index >= 15 is 0 Å². The van der Waals surface area contributed by atoms with Crippen LogP contribution in [-0.2, 0) is 13.0 Å². The van der Waals surface area contributed by atoms with Crippen molar-refractivity contribution in [2.24, 2.45) is 0 Å². The van der Waals surface area contributed by atoms with Gasteiger partial charge in [0.25, 0.3) is 0 Å². The topological polar surface area (TPSA) is 76.7 Å². The molecule has 0 fully saturated rings. The van der Waals surface area contributed by atoms with E-state index in [1.807, 2.05) is 47.2 Å². The number of aromatic nitrogens is 4. The minimum atomic E-state index is 0.0594. The fourth-order valence-electron chi connectivity index (χ4n) is 4.04. The Bertz CT molecular complexity index is 1420. The average molecular weight is 457 g/mol. The van der Waals surface area contributed by atoms with Crippen LogP contribution >= 0.6 is 11.8 Å². The highest BCUT2D eigenvalue weighted by Crippen LogP contribution is 2.28. The van der Waals surface area contributed by atoms with E-state index in [1.165, 1.54) is 17.3 Å². The first-order valence-corrected chi connectivity index (χ1v) is 11.9. The number of rotatable bonds is 8. The van der Waals surface area contributed by atoms with Crippen molar-refractivity contribution in [3.8, 4) is 11.4 Å². The molecule has 6 nitrogen and oxygen atoms in total. The van der Waals surface area contributed by atoms with Crippen LogP contribution in [0.5, 0.6) is 0 Å². The maximum Gasteiger partial charge on any atom is 0.192 e. The average Bonchev–Trinajstić information content (AvgIpc) is 3.58. The second-order valence-corrected chi connectivity index (χ2v) is 8.89. The summed E-state index contributed by atoms with van der Waals surface area (Å²) in [5.41, 5.74) is 5.09. The second-order valence-electron chi connectivity index (χ2n) is 7.95. The van der Waals surface area contributed by atoms with E-state index in [2.05, 4.69) is 47.2 Å². The lowest BCUT2D eigenvalue weighted by Crippen LogP contribution is -2.06. The summed E-state index contributed by atoms with van der Waals surface area (Å²) in [6.45, 7) is 4.66. The fraction of sp³-hybridized carbons (Fsp3) is 0.192. The molecule has 5 aromatic rings. The van der Waals surface area contributed by atoms with Crippen molar-refractivity contribution >= 4 is 28.4 Å². The van der Waals surface area contributed by atoms with Crippen LogP contribution in [-0.4, -0.2) is 31.3 Å². The molecule has 0 spiro atoms. The van der Waals surface area contributed by atoms with Gasteiger partial charge in [-0.05, 0) is 37.1 Å². The lowest BCUT2D eigenvalue weighted by molar-refractivity contribution is 0.102. The zero-order chi connectivity index (χ0) is 22.8. The maximum atomic E-state index is 13.1. The molecule has 0 amide bonds. The van der Waals surface area contributed by atoms with Gasteiger partial charge in [-0.1, -0.05) is 60.6 Å². The molecule has 2 aromatic carbocycles. The Morgan fingerprint density at radius 3 is 2.79 bits per heavy atom. The molecule has 0 atom stereocenters. The fourth-order valence-corrected chi connectivity index (χ4v) is 4.87. The van der Waals surface area contributed by atoms with Crippen molar-refractivity contribution < 1.29 is 9.21 Å². The first-order valence-electron chi connectivity index (χ1n) is 10.9. The van der Waals surface area contributed by atoms with Crippen molar-refractivity contribution in [3.05, 3.63) is 89.5 Å². The third kappa shape index (κ3) is 4.24. The summed E-state index contributed by atoms with van der Waals surface area (Å²) in [6, 6.07) is 18.1. The van der Waals surface area contributed by atoms with Gasteiger partial charge in [-0.3, -0.25) is 9.36 Å². The van der Waals surface area contributed by atoms with Crippen LogP contribution in [0.2, 0.25) is 0 Å². The molecule has 0 aliphatic carbocycles. The summed E-state index contributed by atoms with van der Waals surface area (Å²) in [5, 5.41) is 10.5. The Morgan fingerprint density at radius 1 is 1.12 bits per heavy atom. The van der Waals surface area contributed by atoms with E-state index in [4.69, 9.17) is 4.42 Å². The molecule has 0 saturated heterocycles. The summed E-state index contributed by atoms with van der Waals surface area (Å²) in [6.07, 6.45) is 4.39. The summed E-state index contributed by atoms with van der Waals surface area (Å²) in [7, 11) is 0. The third-order valence-corrected chi connectivity index (χ3v) is 6.67. The quantitative estimate of drug-likeness (QED) is 0.232. The number of benzene rings is 2. The van der Waals surface area contributed by atoms with E-state index in [-0.39, 0.29) is 11.5 Å². The monoisotopic (exact) mass is 456 g/mol. The van der Waals surface area contributed by atoms with Crippen molar-refractivity contribution in [2.45, 2.75) is 32.0 Å². The van der Waals surface area contributed by atoms with E-state index in [1.54, 1.807) is 6.26 Å². The number of ketones is 1. The van der Waals surface area contributed by atoms with Gasteiger partial charge < -0.3 is 9.40 Å². The first kappa shape index (κ1) is 21.3. The summed E-state index contributed by atoms with van der Waals surface area (Å²) in [5.74, 6) is 1.89. The number of furan rings is 1. The molecular formula is C26H24N4O2S. The Morgan fingerprint density at radius 2 is 2.00 bits per heavy atom. The maximum absolute atomic E-state index is 13.1. The molecule has 3 heterocycles. The van der Waals surface area contributed by atoms with E-state index in [0.29, 0.717) is 17.3 Å². The molecule has 0 aliphatic heterocycles. The Balaban J connectivity index is 1.43. The summed E-state index contributed by atoms with van der Waals surface area (Å²) >= 11 is 1.40. The van der Waals surface area contributed by atoms with Crippen LogP contribution in [0.3, 0.4) is 0 Å². The Hall–Kier alpha value is -3.58. The summed E-state index contributed by atoms with van der Waals surface area (Å²) < 4.78 is 7.58. The minimum Gasteiger partial charge on any atom is -0.467 e. The predicted octanol–water partition coefficient (Wildman–Crippen LogP) is 5.91. The first-order chi connectivity index (χ1) is 16.1. The number of Topliss-reactive ketones (excluding diaryl/α,β-unsaturated/α-hetero) is 1. The highest BCUT2D eigenvalue weighted by molar-refractivity contribution is 7.99. The molecule has 0 saturated carbocycles. The molecule has 33 heavy (non-hydrogen) atoms. The van der Waals surface area contributed by atoms with Crippen LogP contribution in [0, 0.1) is 6.92 Å². The van der Waals surface area contributed by atoms with E-state index in [9.17, 15) is 4.79 Å². The molecule has 166 valence electrons. The van der Waals surface area contributed by atoms with Gasteiger partial charge in [0.05, 0.1) is 18.6 Å². The molecule has 0 unspecified atom stereocenters. The molecule has 7 heteroatoms. The lowest BCUT2D eigenvalue weighted by atomic mass is 10.1. The Kier molecular flexibility index (Phi) is 5.88. The number of aromatic amines is 1. The highest BCUT2D eigenvalue weighted by atomic mass is 32.2. The number of hydrogen-bond donors (Lipinski definition) is 1. The SMILES string of the molecule is CCc1cccc2c(C(=O)CSc3nnc(-c4cccc(C)c4)n3Cc3ccco3)c[nH]c12. The molecule has 0 radical (unpaired) electrons. The number of carbonyl (C=O) groups is 1. The lowest BCUT2D eigenvalue weighted by Gasteiger charge is -2.09. The van der Waals surface area contributed by atoms with Crippen LogP contribution in [0.15, 0.2) is 76.6 Å². The summed E-state index contributed by atoms with van der Waals surface area (Å²) in [4.78, 5) is 16.4. The number of aryl methyl sites for hydroxylation is 2. The number of H-pyrrole nitrogens is 1. The third-order valence-electron chi connectivity index (χ3n) is 5.70. The van der Waals surface area contributed by atoms with Gasteiger partial charge in [0, 0.05) is 28.2 Å². The molecule has 0 bridgehead atoms. The van der Waals surface area contributed by atoms with Gasteiger partial charge in [-0.25, -0.2) is 0 Å². The zero-order valence-electron chi connectivity index (χ0n) is 18.5. The number of nitrogens with one attached hydrogen (secondary N) is 1. The normalized spacial score (nSPS) is 11.3. The molecule has 0 aliphatic rings.